The molecule has 10 nitrogen and oxygen atoms in total. The van der Waals surface area contributed by atoms with Crippen molar-refractivity contribution in [3.63, 3.8) is 0 Å². The van der Waals surface area contributed by atoms with E-state index >= 15 is 0 Å². The second-order valence-corrected chi connectivity index (χ2v) is 13.0. The van der Waals surface area contributed by atoms with E-state index in [2.05, 4.69) is 14.6 Å². The lowest BCUT2D eigenvalue weighted by Crippen LogP contribution is -2.55. The van der Waals surface area contributed by atoms with E-state index in [0.29, 0.717) is 66.1 Å². The number of piperidine rings is 1. The maximum absolute atomic E-state index is 13.9. The summed E-state index contributed by atoms with van der Waals surface area (Å²) in [4.78, 5) is 32.7. The van der Waals surface area contributed by atoms with Crippen molar-refractivity contribution in [2.75, 3.05) is 33.8 Å². The van der Waals surface area contributed by atoms with Gasteiger partial charge in [-0.25, -0.2) is 18.1 Å². The lowest BCUT2D eigenvalue weighted by Gasteiger charge is -2.43. The van der Waals surface area contributed by atoms with E-state index < -0.39 is 12.0 Å². The molecule has 1 atom stereocenters. The molecular weight excluding hydrogens is 642 g/mol. The number of nitrogens with zero attached hydrogens (tertiary/aromatic N) is 3. The van der Waals surface area contributed by atoms with Gasteiger partial charge >= 0.3 is 0 Å². The zero-order chi connectivity index (χ0) is 34.3. The lowest BCUT2D eigenvalue weighted by atomic mass is 9.88. The molecule has 13 heteroatoms. The molecule has 1 aromatic heterocycles. The Morgan fingerprint density at radius 2 is 1.52 bits per heavy atom. The number of likely N-dealkylation sites (tertiary alicyclic amines) is 1. The summed E-state index contributed by atoms with van der Waals surface area (Å²) in [6, 6.07) is 13.7. The zero-order valence-corrected chi connectivity index (χ0v) is 28.5. The summed E-state index contributed by atoms with van der Waals surface area (Å²) in [5.41, 5.74) is 2.37. The van der Waals surface area contributed by atoms with E-state index in [1.807, 2.05) is 36.4 Å². The molecule has 0 radical (unpaired) electrons. The van der Waals surface area contributed by atoms with Crippen molar-refractivity contribution in [2.45, 2.75) is 81.1 Å². The predicted molar refractivity (Wildman–Crippen MR) is 179 cm³/mol. The van der Waals surface area contributed by atoms with Gasteiger partial charge in [0.25, 0.3) is 0 Å². The van der Waals surface area contributed by atoms with Crippen molar-refractivity contribution >= 4 is 29.4 Å². The number of aromatic nitrogens is 1. The highest BCUT2D eigenvalue weighted by Gasteiger charge is 2.43. The highest BCUT2D eigenvalue weighted by atomic mass is 32.2. The molecule has 0 bridgehead atoms. The molecule has 5 rings (SSSR count). The lowest BCUT2D eigenvalue weighted by molar-refractivity contribution is -0.148. The van der Waals surface area contributed by atoms with E-state index in [4.69, 9.17) is 18.9 Å². The summed E-state index contributed by atoms with van der Waals surface area (Å²) >= 11 is 1.40. The van der Waals surface area contributed by atoms with Crippen LogP contribution in [0.1, 0.15) is 56.1 Å². The molecular formula is C35H42F2N4O6S. The summed E-state index contributed by atoms with van der Waals surface area (Å²) in [5.74, 6) is -0.504. The molecule has 2 amide bonds. The van der Waals surface area contributed by atoms with Crippen LogP contribution < -0.4 is 24.3 Å². The Bertz CT molecular complexity index is 1530. The Labute approximate surface area is 284 Å². The van der Waals surface area contributed by atoms with E-state index in [-0.39, 0.29) is 43.5 Å². The molecule has 3 aromatic rings. The van der Waals surface area contributed by atoms with Crippen molar-refractivity contribution in [3.8, 4) is 23.0 Å². The van der Waals surface area contributed by atoms with Crippen LogP contribution in [0, 0.1) is 0 Å². The van der Waals surface area contributed by atoms with Gasteiger partial charge in [0.2, 0.25) is 17.7 Å². The number of pyridine rings is 1. The van der Waals surface area contributed by atoms with Gasteiger partial charge in [0.05, 0.1) is 28.4 Å². The number of rotatable bonds is 13. The number of nitrogens with one attached hydrogen (secondary N) is 1. The van der Waals surface area contributed by atoms with Gasteiger partial charge in [-0.1, -0.05) is 12.1 Å². The summed E-state index contributed by atoms with van der Waals surface area (Å²) in [6.45, 7) is 0.926. The minimum Gasteiger partial charge on any atom is -0.497 e. The van der Waals surface area contributed by atoms with E-state index in [9.17, 15) is 18.4 Å². The van der Waals surface area contributed by atoms with Crippen LogP contribution in [-0.4, -0.2) is 72.4 Å². The number of methoxy groups -OCH3 is 4. The molecule has 258 valence electrons. The number of amides is 2. The first-order valence-corrected chi connectivity index (χ1v) is 16.7. The monoisotopic (exact) mass is 684 g/mol. The van der Waals surface area contributed by atoms with Gasteiger partial charge in [0.1, 0.15) is 34.1 Å². The van der Waals surface area contributed by atoms with E-state index in [1.54, 1.807) is 51.7 Å². The first-order chi connectivity index (χ1) is 23.1. The predicted octanol–water partition coefficient (Wildman–Crippen LogP) is 6.72. The fourth-order valence-electron chi connectivity index (χ4n) is 6.27. The van der Waals surface area contributed by atoms with Crippen LogP contribution >= 0.6 is 11.9 Å². The SMILES string of the molecule is COc1ccc(CN(Cc2ccc(OC)cc2OC)Sc2cc(NC(=O)[C@@H]3CCCC(=O)N3C3CCC(F)(F)CC3)ccn2)c(OC)c1. The Morgan fingerprint density at radius 1 is 0.917 bits per heavy atom. The van der Waals surface area contributed by atoms with Crippen LogP contribution in [0.3, 0.4) is 0 Å². The second kappa shape index (κ2) is 15.9. The fraction of sp³-hybridized carbons (Fsp3) is 0.457. The Balaban J connectivity index is 1.35. The third-order valence-electron chi connectivity index (χ3n) is 8.78. The Hall–Kier alpha value is -4.10. The maximum Gasteiger partial charge on any atom is 0.248 e. The number of hydrogen-bond acceptors (Lipinski definition) is 9. The van der Waals surface area contributed by atoms with Crippen molar-refractivity contribution < 1.29 is 37.3 Å². The zero-order valence-electron chi connectivity index (χ0n) is 27.7. The van der Waals surface area contributed by atoms with Gasteiger partial charge in [0, 0.05) is 73.5 Å². The number of carbonyl (C=O) groups is 2. The van der Waals surface area contributed by atoms with Crippen LogP contribution in [0.25, 0.3) is 0 Å². The van der Waals surface area contributed by atoms with Gasteiger partial charge in [-0.2, -0.15) is 0 Å². The van der Waals surface area contributed by atoms with Crippen LogP contribution in [0.15, 0.2) is 59.8 Å². The molecule has 1 aliphatic heterocycles. The minimum absolute atomic E-state index is 0.152. The molecule has 1 saturated heterocycles. The fourth-order valence-corrected chi connectivity index (χ4v) is 7.23. The molecule has 2 heterocycles. The molecule has 2 fully saturated rings. The number of anilines is 1. The maximum atomic E-state index is 13.9. The van der Waals surface area contributed by atoms with E-state index in [1.165, 1.54) is 11.9 Å². The highest BCUT2D eigenvalue weighted by molar-refractivity contribution is 7.96. The van der Waals surface area contributed by atoms with Crippen LogP contribution in [-0.2, 0) is 22.7 Å². The quantitative estimate of drug-likeness (QED) is 0.197. The van der Waals surface area contributed by atoms with Gasteiger partial charge in [-0.3, -0.25) is 9.59 Å². The Morgan fingerprint density at radius 3 is 2.08 bits per heavy atom. The van der Waals surface area contributed by atoms with Crippen molar-refractivity contribution in [1.29, 1.82) is 0 Å². The van der Waals surface area contributed by atoms with Gasteiger partial charge in [-0.15, -0.1) is 0 Å². The van der Waals surface area contributed by atoms with E-state index in [0.717, 1.165) is 11.1 Å². The van der Waals surface area contributed by atoms with Crippen LogP contribution in [0.4, 0.5) is 14.5 Å². The summed E-state index contributed by atoms with van der Waals surface area (Å²) in [6.07, 6.45) is 2.82. The number of carbonyl (C=O) groups excluding carboxylic acids is 2. The molecule has 48 heavy (non-hydrogen) atoms. The normalized spacial score (nSPS) is 18.0. The molecule has 1 N–H and O–H groups in total. The molecule has 2 aliphatic rings. The highest BCUT2D eigenvalue weighted by Crippen LogP contribution is 2.38. The first-order valence-electron chi connectivity index (χ1n) is 15.9. The molecule has 0 unspecified atom stereocenters. The summed E-state index contributed by atoms with van der Waals surface area (Å²) in [7, 11) is 6.43. The molecule has 2 aromatic carbocycles. The summed E-state index contributed by atoms with van der Waals surface area (Å²) < 4.78 is 52.0. The number of alkyl halides is 2. The first kappa shape index (κ1) is 35.2. The van der Waals surface area contributed by atoms with Crippen molar-refractivity contribution in [1.82, 2.24) is 14.2 Å². The number of halogens is 2. The standard InChI is InChI=1S/C35H42F2N4O6S/c1-44-27-10-8-23(30(19-27)46-3)21-40(22-24-9-11-28(45-2)20-31(24)47-4)48-32-18-25(14-17-38-32)39-34(43)29-6-5-7-33(42)41(29)26-12-15-35(36,37)16-13-26/h8-11,14,17-20,26,29H,5-7,12-13,15-16,21-22H2,1-4H3,(H,38,39,43)/t29-/m0/s1. The summed E-state index contributed by atoms with van der Waals surface area (Å²) in [5, 5.41) is 3.60. The van der Waals surface area contributed by atoms with Gasteiger partial charge < -0.3 is 29.2 Å². The topological polar surface area (TPSA) is 102 Å². The van der Waals surface area contributed by atoms with Crippen LogP contribution in [0.2, 0.25) is 0 Å². The molecule has 1 aliphatic carbocycles. The average Bonchev–Trinajstić information content (AvgIpc) is 3.08. The smallest absolute Gasteiger partial charge is 0.248 e. The van der Waals surface area contributed by atoms with Crippen LogP contribution in [0.5, 0.6) is 23.0 Å². The molecule has 1 saturated carbocycles. The minimum atomic E-state index is -2.72. The third-order valence-corrected chi connectivity index (χ3v) is 9.71. The average molecular weight is 685 g/mol. The largest absolute Gasteiger partial charge is 0.497 e. The van der Waals surface area contributed by atoms with Gasteiger partial charge in [0.15, 0.2) is 0 Å². The second-order valence-electron chi connectivity index (χ2n) is 11.9. The van der Waals surface area contributed by atoms with Crippen molar-refractivity contribution in [2.24, 2.45) is 0 Å². The third kappa shape index (κ3) is 8.67. The number of benzene rings is 2. The van der Waals surface area contributed by atoms with Gasteiger partial charge in [-0.05, 0) is 61.9 Å². The number of ether oxygens (including phenoxy) is 4. The van der Waals surface area contributed by atoms with Crippen molar-refractivity contribution in [3.05, 3.63) is 65.9 Å². The molecule has 0 spiro atoms. The number of hydrogen-bond donors (Lipinski definition) is 1. The Kier molecular flexibility index (Phi) is 11.6.